The molecule has 1 saturated heterocycles. The second-order valence-electron chi connectivity index (χ2n) is 3.67. The van der Waals surface area contributed by atoms with Crippen molar-refractivity contribution in [3.05, 3.63) is 22.5 Å². The molecule has 0 radical (unpaired) electrons. The summed E-state index contributed by atoms with van der Waals surface area (Å²) in [7, 11) is 0. The molecule has 1 fully saturated rings. The van der Waals surface area contributed by atoms with Crippen molar-refractivity contribution in [3.63, 3.8) is 0 Å². The van der Waals surface area contributed by atoms with Gasteiger partial charge >= 0.3 is 0 Å². The summed E-state index contributed by atoms with van der Waals surface area (Å²) < 4.78 is 0. The van der Waals surface area contributed by atoms with Gasteiger partial charge in [-0.2, -0.15) is 10.4 Å². The van der Waals surface area contributed by atoms with Crippen molar-refractivity contribution in [1.29, 1.82) is 5.26 Å². The van der Waals surface area contributed by atoms with Gasteiger partial charge in [-0.15, -0.1) is 0 Å². The van der Waals surface area contributed by atoms with Gasteiger partial charge in [0.2, 0.25) is 0 Å². The van der Waals surface area contributed by atoms with Crippen LogP contribution in [0.3, 0.4) is 0 Å². The van der Waals surface area contributed by atoms with Crippen molar-refractivity contribution in [2.45, 2.75) is 12.8 Å². The molecule has 1 aromatic heterocycles. The fraction of sp³-hybridized carbons (Fsp3) is 0.500. The van der Waals surface area contributed by atoms with Gasteiger partial charge in [0, 0.05) is 25.1 Å². The van der Waals surface area contributed by atoms with E-state index in [-0.39, 0.29) is 11.5 Å². The van der Waals surface area contributed by atoms with E-state index in [1.54, 1.807) is 6.07 Å². The average molecular weight is 204 g/mol. The van der Waals surface area contributed by atoms with Crippen molar-refractivity contribution in [2.75, 3.05) is 18.0 Å². The summed E-state index contributed by atoms with van der Waals surface area (Å²) in [6.07, 6.45) is 1.74. The van der Waals surface area contributed by atoms with Crippen LogP contribution in [-0.4, -0.2) is 23.3 Å². The molecule has 1 N–H and O–H groups in total. The van der Waals surface area contributed by atoms with Crippen LogP contribution in [0.1, 0.15) is 12.8 Å². The third-order valence-corrected chi connectivity index (χ3v) is 2.67. The van der Waals surface area contributed by atoms with E-state index in [4.69, 9.17) is 5.26 Å². The number of piperidine rings is 1. The number of rotatable bonds is 1. The predicted molar refractivity (Wildman–Crippen MR) is 55.4 cm³/mol. The number of hydrogen-bond donors (Lipinski definition) is 1. The highest BCUT2D eigenvalue weighted by molar-refractivity contribution is 5.36. The lowest BCUT2D eigenvalue weighted by Gasteiger charge is -2.29. The Morgan fingerprint density at radius 3 is 2.73 bits per heavy atom. The van der Waals surface area contributed by atoms with Gasteiger partial charge in [-0.3, -0.25) is 4.79 Å². The van der Waals surface area contributed by atoms with E-state index < -0.39 is 0 Å². The van der Waals surface area contributed by atoms with Crippen LogP contribution in [0.15, 0.2) is 16.9 Å². The molecule has 0 amide bonds. The smallest absolute Gasteiger partial charge is 0.264 e. The normalized spacial score (nSPS) is 17.4. The molecule has 1 aliphatic rings. The second-order valence-corrected chi connectivity index (χ2v) is 3.67. The standard InChI is InChI=1S/C10H12N4O/c11-7-8-3-5-14(6-4-8)9-1-2-10(15)13-12-9/h1-2,8H,3-6H2,(H,13,15). The van der Waals surface area contributed by atoms with Crippen LogP contribution >= 0.6 is 0 Å². The number of aromatic amines is 1. The van der Waals surface area contributed by atoms with Gasteiger partial charge in [-0.1, -0.05) is 0 Å². The third kappa shape index (κ3) is 2.15. The lowest BCUT2D eigenvalue weighted by atomic mass is 9.99. The van der Waals surface area contributed by atoms with E-state index in [1.165, 1.54) is 6.07 Å². The number of nitriles is 1. The summed E-state index contributed by atoms with van der Waals surface area (Å²) in [5.41, 5.74) is -0.189. The first-order valence-corrected chi connectivity index (χ1v) is 5.00. The van der Waals surface area contributed by atoms with Crippen molar-refractivity contribution in [1.82, 2.24) is 10.2 Å². The fourth-order valence-electron chi connectivity index (χ4n) is 1.75. The Balaban J connectivity index is 2.05. The van der Waals surface area contributed by atoms with E-state index >= 15 is 0 Å². The molecule has 1 aliphatic heterocycles. The SMILES string of the molecule is N#CC1CCN(c2ccc(=O)[nH]n2)CC1. The van der Waals surface area contributed by atoms with Crippen LogP contribution in [0.4, 0.5) is 5.82 Å². The minimum atomic E-state index is -0.189. The first-order valence-electron chi connectivity index (χ1n) is 5.00. The van der Waals surface area contributed by atoms with Gasteiger partial charge in [-0.25, -0.2) is 5.10 Å². The molecule has 15 heavy (non-hydrogen) atoms. The zero-order chi connectivity index (χ0) is 10.7. The van der Waals surface area contributed by atoms with Crippen LogP contribution in [0.2, 0.25) is 0 Å². The zero-order valence-corrected chi connectivity index (χ0v) is 8.31. The summed E-state index contributed by atoms with van der Waals surface area (Å²) in [6, 6.07) is 5.46. The number of nitrogens with zero attached hydrogens (tertiary/aromatic N) is 3. The van der Waals surface area contributed by atoms with Gasteiger partial charge in [0.25, 0.3) is 5.56 Å². The van der Waals surface area contributed by atoms with E-state index in [9.17, 15) is 4.79 Å². The monoisotopic (exact) mass is 204 g/mol. The number of hydrogen-bond acceptors (Lipinski definition) is 4. The number of aromatic nitrogens is 2. The van der Waals surface area contributed by atoms with E-state index in [0.29, 0.717) is 0 Å². The molecular formula is C10H12N4O. The Kier molecular flexibility index (Phi) is 2.68. The highest BCUT2D eigenvalue weighted by Gasteiger charge is 2.19. The highest BCUT2D eigenvalue weighted by atomic mass is 16.1. The first kappa shape index (κ1) is 9.71. The van der Waals surface area contributed by atoms with E-state index in [0.717, 1.165) is 31.7 Å². The molecule has 0 bridgehead atoms. The Labute approximate surface area is 87.3 Å². The molecule has 0 aliphatic carbocycles. The fourth-order valence-corrected chi connectivity index (χ4v) is 1.75. The van der Waals surface area contributed by atoms with Crippen LogP contribution in [0, 0.1) is 17.2 Å². The molecule has 0 saturated carbocycles. The van der Waals surface area contributed by atoms with Crippen molar-refractivity contribution in [2.24, 2.45) is 5.92 Å². The minimum Gasteiger partial charge on any atom is -0.355 e. The minimum absolute atomic E-state index is 0.170. The molecule has 0 spiro atoms. The number of H-pyrrole nitrogens is 1. The van der Waals surface area contributed by atoms with E-state index in [1.807, 2.05) is 0 Å². The highest BCUT2D eigenvalue weighted by Crippen LogP contribution is 2.19. The molecule has 5 heteroatoms. The lowest BCUT2D eigenvalue weighted by molar-refractivity contribution is 0.484. The molecule has 1 aromatic rings. The van der Waals surface area contributed by atoms with Crippen molar-refractivity contribution in [3.8, 4) is 6.07 Å². The molecule has 78 valence electrons. The molecule has 0 atom stereocenters. The van der Waals surface area contributed by atoms with Gasteiger partial charge < -0.3 is 4.90 Å². The topological polar surface area (TPSA) is 72.8 Å². The van der Waals surface area contributed by atoms with Gasteiger partial charge in [0.15, 0.2) is 0 Å². The molecule has 2 rings (SSSR count). The number of nitrogens with one attached hydrogen (secondary N) is 1. The summed E-state index contributed by atoms with van der Waals surface area (Å²) in [5.74, 6) is 0.954. The van der Waals surface area contributed by atoms with Gasteiger partial charge in [0.1, 0.15) is 5.82 Å². The molecule has 0 aromatic carbocycles. The summed E-state index contributed by atoms with van der Waals surface area (Å²) in [5, 5.41) is 15.1. The molecule has 0 unspecified atom stereocenters. The Morgan fingerprint density at radius 2 is 2.20 bits per heavy atom. The lowest BCUT2D eigenvalue weighted by Crippen LogP contribution is -2.34. The summed E-state index contributed by atoms with van der Waals surface area (Å²) in [6.45, 7) is 1.66. The van der Waals surface area contributed by atoms with Crippen LogP contribution in [0.5, 0.6) is 0 Å². The maximum absolute atomic E-state index is 10.8. The van der Waals surface area contributed by atoms with Crippen molar-refractivity contribution >= 4 is 5.82 Å². The van der Waals surface area contributed by atoms with Gasteiger partial charge in [-0.05, 0) is 18.9 Å². The summed E-state index contributed by atoms with van der Waals surface area (Å²) >= 11 is 0. The maximum atomic E-state index is 10.8. The van der Waals surface area contributed by atoms with E-state index in [2.05, 4.69) is 21.2 Å². The van der Waals surface area contributed by atoms with Crippen molar-refractivity contribution < 1.29 is 0 Å². The Morgan fingerprint density at radius 1 is 1.47 bits per heavy atom. The predicted octanol–water partition coefficient (Wildman–Crippen LogP) is 0.510. The zero-order valence-electron chi connectivity index (χ0n) is 8.31. The second kappa shape index (κ2) is 4.13. The van der Waals surface area contributed by atoms with Crippen LogP contribution < -0.4 is 10.5 Å². The molecule has 5 nitrogen and oxygen atoms in total. The van der Waals surface area contributed by atoms with Crippen LogP contribution in [0.25, 0.3) is 0 Å². The Hall–Kier alpha value is -1.83. The molecular weight excluding hydrogens is 192 g/mol. The van der Waals surface area contributed by atoms with Gasteiger partial charge in [0.05, 0.1) is 6.07 Å². The Bertz CT molecular complexity index is 405. The number of anilines is 1. The maximum Gasteiger partial charge on any atom is 0.264 e. The average Bonchev–Trinajstić information content (AvgIpc) is 2.30. The summed E-state index contributed by atoms with van der Waals surface area (Å²) in [4.78, 5) is 12.9. The van der Waals surface area contributed by atoms with Crippen LogP contribution in [-0.2, 0) is 0 Å². The largest absolute Gasteiger partial charge is 0.355 e. The first-order chi connectivity index (χ1) is 7.29. The molecule has 2 heterocycles. The third-order valence-electron chi connectivity index (χ3n) is 2.67. The quantitative estimate of drug-likeness (QED) is 0.723.